The Balaban J connectivity index is 5.34. The molecule has 0 saturated heterocycles. The highest BCUT2D eigenvalue weighted by atomic mass is 31.2. The Morgan fingerprint density at radius 3 is 0.888 bits per heavy atom. The summed E-state index contributed by atoms with van der Waals surface area (Å²) >= 11 is 0. The minimum atomic E-state index is -4.98. The van der Waals surface area contributed by atoms with Crippen LogP contribution in [-0.2, 0) is 65.4 Å². The normalized spacial score (nSPS) is 14.5. The van der Waals surface area contributed by atoms with Crippen molar-refractivity contribution in [3.05, 3.63) is 97.2 Å². The van der Waals surface area contributed by atoms with Crippen LogP contribution in [0.15, 0.2) is 97.2 Å². The summed E-state index contributed by atoms with van der Waals surface area (Å²) in [6, 6.07) is 0. The first kappa shape index (κ1) is 94.0. The number of unbranched alkanes of at least 4 members (excludes halogenated alkanes) is 30. The number of esters is 4. The van der Waals surface area contributed by atoms with Crippen molar-refractivity contribution >= 4 is 39.5 Å². The molecule has 0 bridgehead atoms. The van der Waals surface area contributed by atoms with Gasteiger partial charge >= 0.3 is 39.5 Å². The number of carbonyl (C=O) groups is 4. The van der Waals surface area contributed by atoms with Crippen molar-refractivity contribution in [3.8, 4) is 0 Å². The first-order valence-electron chi connectivity index (χ1n) is 38.5. The largest absolute Gasteiger partial charge is 0.472 e. The zero-order chi connectivity index (χ0) is 71.8. The molecule has 17 nitrogen and oxygen atoms in total. The van der Waals surface area contributed by atoms with E-state index >= 15 is 0 Å². The van der Waals surface area contributed by atoms with E-state index in [0.717, 1.165) is 161 Å². The van der Waals surface area contributed by atoms with E-state index in [1.54, 1.807) is 0 Å². The Bertz CT molecular complexity index is 2240. The van der Waals surface area contributed by atoms with Crippen LogP contribution in [0, 0.1) is 0 Å². The lowest BCUT2D eigenvalue weighted by Gasteiger charge is -2.21. The molecule has 5 unspecified atom stereocenters. The first-order chi connectivity index (χ1) is 47.7. The number of rotatable bonds is 72. The van der Waals surface area contributed by atoms with Crippen LogP contribution in [0.1, 0.15) is 323 Å². The standard InChI is InChI=1S/C79H138O17P2/c1-5-9-13-17-21-25-29-32-34-35-36-37-39-42-45-48-52-56-60-64-77(82)90-70-75(96-79(84)66-62-58-54-50-46-40-31-27-23-19-15-11-7-3)72-94-98(87,88)92-68-73(80)67-91-97(85,86)93-71-74(95-78(83)65-61-57-53-49-43-28-24-20-16-12-8-4)69-89-76(81)63-59-55-51-47-44-41-38-33-30-26-22-18-14-10-6-2/h9,13,20-22,24-26,32-34,36-38,42,45,73-75,80H,5-8,10-12,14-19,23,27-31,35,39-41,43-44,46-72H2,1-4H3,(H,85,86)(H,87,88)/b13-9-,24-20-,25-21-,26-22-,34-32-,37-36-,38-33-,45-42-. The number of hydrogen-bond donors (Lipinski definition) is 3. The second-order valence-corrected chi connectivity index (χ2v) is 28.5. The number of aliphatic hydroxyl groups excluding tert-OH is 1. The third-order valence-corrected chi connectivity index (χ3v) is 17.9. The molecule has 0 spiro atoms. The number of allylic oxidation sites excluding steroid dienone is 16. The van der Waals surface area contributed by atoms with Gasteiger partial charge in [-0.25, -0.2) is 9.13 Å². The molecule has 5 atom stereocenters. The highest BCUT2D eigenvalue weighted by Gasteiger charge is 2.30. The molecule has 0 aliphatic heterocycles. The Morgan fingerprint density at radius 2 is 0.541 bits per heavy atom. The molecular formula is C79H138O17P2. The van der Waals surface area contributed by atoms with Gasteiger partial charge in [0, 0.05) is 25.7 Å². The third-order valence-electron chi connectivity index (χ3n) is 16.0. The number of carbonyl (C=O) groups excluding carboxylic acids is 4. The number of phosphoric ester groups is 2. The molecule has 566 valence electrons. The predicted molar refractivity (Wildman–Crippen MR) is 399 cm³/mol. The van der Waals surface area contributed by atoms with Crippen LogP contribution >= 0.6 is 15.6 Å². The Kier molecular flexibility index (Phi) is 68.4. The van der Waals surface area contributed by atoms with Gasteiger partial charge in [0.1, 0.15) is 19.3 Å². The molecule has 98 heavy (non-hydrogen) atoms. The van der Waals surface area contributed by atoms with Gasteiger partial charge in [-0.05, 0) is 122 Å². The number of hydrogen-bond acceptors (Lipinski definition) is 15. The van der Waals surface area contributed by atoms with Crippen molar-refractivity contribution in [2.75, 3.05) is 39.6 Å². The SMILES string of the molecule is CC/C=C\C/C=C\C/C=C\C/C=C\C/C=C\CCCCCC(=O)OCC(COP(=O)(O)OCC(O)COP(=O)(O)OCC(COC(=O)CCCCCCC/C=C\C/C=C\CCCCC)OC(=O)CCCCCCC/C=C\CCCC)OC(=O)CCCCCCCCCCCCCCC. The van der Waals surface area contributed by atoms with Gasteiger partial charge in [-0.15, -0.1) is 0 Å². The molecule has 0 aromatic carbocycles. The van der Waals surface area contributed by atoms with Crippen molar-refractivity contribution in [2.24, 2.45) is 0 Å². The van der Waals surface area contributed by atoms with Crippen LogP contribution in [0.2, 0.25) is 0 Å². The summed E-state index contributed by atoms with van der Waals surface area (Å²) in [7, 11) is -9.95. The van der Waals surface area contributed by atoms with Gasteiger partial charge in [0.25, 0.3) is 0 Å². The van der Waals surface area contributed by atoms with Crippen molar-refractivity contribution in [1.29, 1.82) is 0 Å². The minimum absolute atomic E-state index is 0.0817. The fourth-order valence-electron chi connectivity index (χ4n) is 10.1. The van der Waals surface area contributed by atoms with Gasteiger partial charge in [0.15, 0.2) is 12.2 Å². The zero-order valence-electron chi connectivity index (χ0n) is 61.7. The molecule has 0 amide bonds. The fraction of sp³-hybridized carbons (Fsp3) is 0.747. The minimum Gasteiger partial charge on any atom is -0.462 e. The van der Waals surface area contributed by atoms with Crippen LogP contribution in [0.3, 0.4) is 0 Å². The van der Waals surface area contributed by atoms with Gasteiger partial charge in [-0.2, -0.15) is 0 Å². The van der Waals surface area contributed by atoms with Gasteiger partial charge in [0.05, 0.1) is 26.4 Å². The van der Waals surface area contributed by atoms with E-state index < -0.39 is 97.5 Å². The van der Waals surface area contributed by atoms with Crippen LogP contribution in [0.5, 0.6) is 0 Å². The summed E-state index contributed by atoms with van der Waals surface area (Å²) in [5, 5.41) is 10.6. The molecule has 0 aliphatic carbocycles. The summed E-state index contributed by atoms with van der Waals surface area (Å²) in [4.78, 5) is 72.8. The molecule has 3 N–H and O–H groups in total. The average Bonchev–Trinajstić information content (AvgIpc) is 0.972. The number of ether oxygens (including phenoxy) is 4. The highest BCUT2D eigenvalue weighted by Crippen LogP contribution is 2.45. The lowest BCUT2D eigenvalue weighted by molar-refractivity contribution is -0.161. The zero-order valence-corrected chi connectivity index (χ0v) is 63.5. The van der Waals surface area contributed by atoms with Gasteiger partial charge in [-0.3, -0.25) is 37.3 Å². The molecule has 0 aromatic heterocycles. The molecule has 0 aliphatic rings. The molecule has 19 heteroatoms. The topological polar surface area (TPSA) is 237 Å². The molecule has 0 saturated carbocycles. The lowest BCUT2D eigenvalue weighted by atomic mass is 10.0. The monoisotopic (exact) mass is 1420 g/mol. The maximum atomic E-state index is 13.1. The Morgan fingerprint density at radius 1 is 0.296 bits per heavy atom. The smallest absolute Gasteiger partial charge is 0.462 e. The maximum Gasteiger partial charge on any atom is 0.472 e. The van der Waals surface area contributed by atoms with Crippen LogP contribution in [0.25, 0.3) is 0 Å². The summed E-state index contributed by atoms with van der Waals surface area (Å²) < 4.78 is 68.4. The summed E-state index contributed by atoms with van der Waals surface area (Å²) in [6.07, 6.45) is 74.0. The highest BCUT2D eigenvalue weighted by molar-refractivity contribution is 7.47. The van der Waals surface area contributed by atoms with E-state index in [1.165, 1.54) is 83.5 Å². The van der Waals surface area contributed by atoms with Gasteiger partial charge < -0.3 is 33.8 Å². The summed E-state index contributed by atoms with van der Waals surface area (Å²) in [5.74, 6) is -2.22. The Labute approximate surface area is 595 Å². The van der Waals surface area contributed by atoms with E-state index in [-0.39, 0.29) is 25.7 Å². The van der Waals surface area contributed by atoms with E-state index in [4.69, 9.17) is 37.0 Å². The van der Waals surface area contributed by atoms with Crippen molar-refractivity contribution in [1.82, 2.24) is 0 Å². The second-order valence-electron chi connectivity index (χ2n) is 25.6. The predicted octanol–water partition coefficient (Wildman–Crippen LogP) is 22.0. The van der Waals surface area contributed by atoms with E-state index in [0.29, 0.717) is 25.7 Å². The molecule has 0 heterocycles. The van der Waals surface area contributed by atoms with E-state index in [1.807, 2.05) is 0 Å². The molecule has 0 radical (unpaired) electrons. The lowest BCUT2D eigenvalue weighted by Crippen LogP contribution is -2.30. The third kappa shape index (κ3) is 70.4. The van der Waals surface area contributed by atoms with Crippen LogP contribution < -0.4 is 0 Å². The van der Waals surface area contributed by atoms with Crippen molar-refractivity contribution < 1.29 is 80.2 Å². The Hall–Kier alpha value is -4.02. The average molecular weight is 1420 g/mol. The van der Waals surface area contributed by atoms with Gasteiger partial charge in [0.2, 0.25) is 0 Å². The van der Waals surface area contributed by atoms with Crippen LogP contribution in [-0.4, -0.2) is 96.7 Å². The fourth-order valence-corrected chi connectivity index (χ4v) is 11.7. The maximum absolute atomic E-state index is 13.1. The number of aliphatic hydroxyl groups is 1. The quantitative estimate of drug-likeness (QED) is 0.0169. The van der Waals surface area contributed by atoms with Crippen molar-refractivity contribution in [2.45, 2.75) is 341 Å². The van der Waals surface area contributed by atoms with Gasteiger partial charge in [-0.1, -0.05) is 273 Å². The first-order valence-corrected chi connectivity index (χ1v) is 41.5. The second kappa shape index (κ2) is 71.4. The molecule has 0 rings (SSSR count). The van der Waals surface area contributed by atoms with E-state index in [9.17, 15) is 43.2 Å². The number of phosphoric acid groups is 2. The molecule has 0 fully saturated rings. The van der Waals surface area contributed by atoms with E-state index in [2.05, 4.69) is 125 Å². The molecular weight excluding hydrogens is 1280 g/mol. The van der Waals surface area contributed by atoms with Crippen molar-refractivity contribution in [3.63, 3.8) is 0 Å². The molecule has 0 aromatic rings. The summed E-state index contributed by atoms with van der Waals surface area (Å²) in [5.41, 5.74) is 0. The van der Waals surface area contributed by atoms with Crippen LogP contribution in [0.4, 0.5) is 0 Å². The summed E-state index contributed by atoms with van der Waals surface area (Å²) in [6.45, 7) is 4.65.